The van der Waals surface area contributed by atoms with Gasteiger partial charge >= 0.3 is 11.9 Å². The van der Waals surface area contributed by atoms with Crippen molar-refractivity contribution in [2.24, 2.45) is 11.8 Å². The van der Waals surface area contributed by atoms with Crippen LogP contribution in [0.4, 0.5) is 0 Å². The molecule has 0 spiro atoms. The monoisotopic (exact) mass is 466 g/mol. The van der Waals surface area contributed by atoms with Gasteiger partial charge in [-0.15, -0.1) is 0 Å². The van der Waals surface area contributed by atoms with Crippen LogP contribution in [-0.4, -0.2) is 46.1 Å². The van der Waals surface area contributed by atoms with Crippen molar-refractivity contribution in [1.82, 2.24) is 0 Å². The molecule has 0 bridgehead atoms. The summed E-state index contributed by atoms with van der Waals surface area (Å²) < 4.78 is 5.78. The fourth-order valence-corrected chi connectivity index (χ4v) is 4.59. The summed E-state index contributed by atoms with van der Waals surface area (Å²) in [5.74, 6) is -2.30. The highest BCUT2D eigenvalue weighted by Gasteiger charge is 2.44. The molecular formula is C28H34O6. The van der Waals surface area contributed by atoms with Gasteiger partial charge in [-0.25, -0.2) is 4.79 Å². The molecule has 2 aromatic carbocycles. The highest BCUT2D eigenvalue weighted by atomic mass is 16.5. The quantitative estimate of drug-likeness (QED) is 0.235. The molecule has 6 nitrogen and oxygen atoms in total. The highest BCUT2D eigenvalue weighted by molar-refractivity contribution is 5.90. The first kappa shape index (κ1) is 25.7. The molecule has 34 heavy (non-hydrogen) atoms. The molecule has 0 saturated heterocycles. The second-order valence-electron chi connectivity index (χ2n) is 8.88. The first-order valence-corrected chi connectivity index (χ1v) is 12.0. The Morgan fingerprint density at radius 2 is 1.62 bits per heavy atom. The smallest absolute Gasteiger partial charge is 0.338 e. The Bertz CT molecular complexity index is 937. The largest absolute Gasteiger partial charge is 0.481 e. The lowest BCUT2D eigenvalue weighted by Gasteiger charge is -2.21. The standard InChI is InChI=1S/C28H34O6/c29-17-9-4-2-1-3-8-12-23-24(18-27(31)32)25(30)19-26(23)34-28(33)22-15-13-21(14-16-22)20-10-6-5-7-11-20/h5-8,10-16,23-26,29-30H,1-4,9,17-19H2,(H,31,32)/t23-,24-,25+,26-/m1/s1. The van der Waals surface area contributed by atoms with Crippen LogP contribution in [0.3, 0.4) is 0 Å². The number of rotatable bonds is 12. The summed E-state index contributed by atoms with van der Waals surface area (Å²) in [7, 11) is 0. The maximum absolute atomic E-state index is 12.8. The number of ether oxygens (including phenoxy) is 1. The molecule has 0 amide bonds. The highest BCUT2D eigenvalue weighted by Crippen LogP contribution is 2.38. The van der Waals surface area contributed by atoms with Gasteiger partial charge in [0, 0.05) is 24.9 Å². The molecule has 1 saturated carbocycles. The molecule has 0 aromatic heterocycles. The van der Waals surface area contributed by atoms with Crippen LogP contribution in [-0.2, 0) is 9.53 Å². The van der Waals surface area contributed by atoms with Crippen LogP contribution >= 0.6 is 0 Å². The van der Waals surface area contributed by atoms with Gasteiger partial charge in [-0.2, -0.15) is 0 Å². The van der Waals surface area contributed by atoms with E-state index in [-0.39, 0.29) is 25.4 Å². The number of unbranched alkanes of at least 4 members (excludes halogenated alkanes) is 4. The number of aliphatic carboxylic acids is 1. The van der Waals surface area contributed by atoms with Crippen molar-refractivity contribution >= 4 is 11.9 Å². The van der Waals surface area contributed by atoms with Gasteiger partial charge in [0.25, 0.3) is 0 Å². The van der Waals surface area contributed by atoms with E-state index in [0.29, 0.717) is 5.56 Å². The van der Waals surface area contributed by atoms with Gasteiger partial charge in [-0.1, -0.05) is 67.5 Å². The zero-order valence-corrected chi connectivity index (χ0v) is 19.4. The van der Waals surface area contributed by atoms with Crippen LogP contribution in [0.1, 0.15) is 55.3 Å². The number of carbonyl (C=O) groups excluding carboxylic acids is 1. The Balaban J connectivity index is 1.65. The number of carboxylic acids is 1. The lowest BCUT2D eigenvalue weighted by atomic mass is 9.90. The number of hydrogen-bond donors (Lipinski definition) is 3. The van der Waals surface area contributed by atoms with Gasteiger partial charge in [0.15, 0.2) is 0 Å². The number of aliphatic hydroxyl groups excluding tert-OH is 2. The zero-order chi connectivity index (χ0) is 24.3. The summed E-state index contributed by atoms with van der Waals surface area (Å²) in [6, 6.07) is 17.1. The van der Waals surface area contributed by atoms with Crippen LogP contribution in [0.15, 0.2) is 66.7 Å². The van der Waals surface area contributed by atoms with E-state index in [2.05, 4.69) is 0 Å². The van der Waals surface area contributed by atoms with Crippen molar-refractivity contribution in [2.75, 3.05) is 6.61 Å². The normalized spacial score (nSPS) is 22.2. The maximum Gasteiger partial charge on any atom is 0.338 e. The van der Waals surface area contributed by atoms with Crippen molar-refractivity contribution < 1.29 is 29.6 Å². The van der Waals surface area contributed by atoms with Crippen LogP contribution in [0.2, 0.25) is 0 Å². The van der Waals surface area contributed by atoms with Crippen molar-refractivity contribution in [3.05, 3.63) is 72.3 Å². The third kappa shape index (κ3) is 7.27. The van der Waals surface area contributed by atoms with Crippen LogP contribution in [0.5, 0.6) is 0 Å². The Kier molecular flexibility index (Phi) is 9.86. The Morgan fingerprint density at radius 3 is 2.29 bits per heavy atom. The molecule has 0 aliphatic heterocycles. The first-order chi connectivity index (χ1) is 16.5. The summed E-state index contributed by atoms with van der Waals surface area (Å²) >= 11 is 0. The minimum Gasteiger partial charge on any atom is -0.481 e. The predicted octanol–water partition coefficient (Wildman–Crippen LogP) is 4.85. The number of esters is 1. The SMILES string of the molecule is O=C(O)C[C@@H]1[C@@H](C=CCCCCCCO)[C@H](OC(=O)c2ccc(-c3ccccc3)cc2)C[C@@H]1O. The molecule has 3 rings (SSSR count). The minimum absolute atomic E-state index is 0.174. The van der Waals surface area contributed by atoms with Gasteiger partial charge in [0.1, 0.15) is 6.10 Å². The van der Waals surface area contributed by atoms with Gasteiger partial charge in [0.05, 0.1) is 18.1 Å². The number of hydrogen-bond acceptors (Lipinski definition) is 5. The average molecular weight is 467 g/mol. The van der Waals surface area contributed by atoms with Crippen LogP contribution in [0, 0.1) is 11.8 Å². The molecule has 0 unspecified atom stereocenters. The molecule has 4 atom stereocenters. The zero-order valence-electron chi connectivity index (χ0n) is 19.4. The molecule has 182 valence electrons. The lowest BCUT2D eigenvalue weighted by Crippen LogP contribution is -2.26. The van der Waals surface area contributed by atoms with E-state index in [1.54, 1.807) is 12.1 Å². The van der Waals surface area contributed by atoms with Crippen molar-refractivity contribution in [3.63, 3.8) is 0 Å². The summed E-state index contributed by atoms with van der Waals surface area (Å²) in [6.07, 6.45) is 7.09. The molecule has 2 aromatic rings. The fourth-order valence-electron chi connectivity index (χ4n) is 4.59. The Labute approximate surface area is 200 Å². The molecule has 1 aliphatic rings. The molecule has 1 aliphatic carbocycles. The molecule has 3 N–H and O–H groups in total. The first-order valence-electron chi connectivity index (χ1n) is 12.0. The summed E-state index contributed by atoms with van der Waals surface area (Å²) in [5.41, 5.74) is 2.47. The van der Waals surface area contributed by atoms with E-state index in [0.717, 1.165) is 43.2 Å². The van der Waals surface area contributed by atoms with Crippen molar-refractivity contribution in [2.45, 2.75) is 57.2 Å². The van der Waals surface area contributed by atoms with Crippen molar-refractivity contribution in [3.8, 4) is 11.1 Å². The topological polar surface area (TPSA) is 104 Å². The van der Waals surface area contributed by atoms with Crippen molar-refractivity contribution in [1.29, 1.82) is 0 Å². The molecule has 1 fully saturated rings. The van der Waals surface area contributed by atoms with E-state index in [1.807, 2.05) is 54.6 Å². The lowest BCUT2D eigenvalue weighted by molar-refractivity contribution is -0.139. The maximum atomic E-state index is 12.8. The third-order valence-corrected chi connectivity index (χ3v) is 6.43. The molecule has 6 heteroatoms. The van der Waals surface area contributed by atoms with E-state index in [9.17, 15) is 19.8 Å². The summed E-state index contributed by atoms with van der Waals surface area (Å²) in [4.78, 5) is 24.2. The minimum atomic E-state index is -0.977. The second kappa shape index (κ2) is 13.1. The van der Waals surface area contributed by atoms with Crippen LogP contribution in [0.25, 0.3) is 11.1 Å². The number of aliphatic hydroxyl groups is 2. The van der Waals surface area contributed by atoms with Gasteiger partial charge < -0.3 is 20.1 Å². The Hall–Kier alpha value is -2.96. The molecule has 0 radical (unpaired) electrons. The molecule has 0 heterocycles. The number of carbonyl (C=O) groups is 2. The van der Waals surface area contributed by atoms with E-state index < -0.39 is 30.1 Å². The second-order valence-corrected chi connectivity index (χ2v) is 8.88. The van der Waals surface area contributed by atoms with E-state index >= 15 is 0 Å². The van der Waals surface area contributed by atoms with Gasteiger partial charge in [0.2, 0.25) is 0 Å². The van der Waals surface area contributed by atoms with Gasteiger partial charge in [-0.05, 0) is 42.5 Å². The molecular weight excluding hydrogens is 432 g/mol. The number of benzene rings is 2. The Morgan fingerprint density at radius 1 is 0.941 bits per heavy atom. The summed E-state index contributed by atoms with van der Waals surface area (Å²) in [5, 5.41) is 28.7. The van der Waals surface area contributed by atoms with E-state index in [4.69, 9.17) is 9.84 Å². The number of carboxylic acid groups (broad SMARTS) is 1. The predicted molar refractivity (Wildman–Crippen MR) is 130 cm³/mol. The van der Waals surface area contributed by atoms with Gasteiger partial charge in [-0.3, -0.25) is 4.79 Å². The average Bonchev–Trinajstić information content (AvgIpc) is 3.12. The number of allylic oxidation sites excluding steroid dienone is 1. The van der Waals surface area contributed by atoms with E-state index in [1.165, 1.54) is 0 Å². The van der Waals surface area contributed by atoms with Crippen LogP contribution < -0.4 is 0 Å². The third-order valence-electron chi connectivity index (χ3n) is 6.43. The summed E-state index contributed by atoms with van der Waals surface area (Å²) in [6.45, 7) is 0.203. The fraction of sp³-hybridized carbons (Fsp3) is 0.429.